The van der Waals surface area contributed by atoms with Crippen LogP contribution >= 0.6 is 0 Å². The second-order valence-electron chi connectivity index (χ2n) is 8.32. The predicted octanol–water partition coefficient (Wildman–Crippen LogP) is 2.83. The maximum absolute atomic E-state index is 13.3. The van der Waals surface area contributed by atoms with E-state index in [0.717, 1.165) is 22.3 Å². The Kier molecular flexibility index (Phi) is 6.68. The van der Waals surface area contributed by atoms with Gasteiger partial charge in [-0.2, -0.15) is 10.3 Å². The van der Waals surface area contributed by atoms with Crippen LogP contribution in [0.1, 0.15) is 41.5 Å². The fraction of sp³-hybridized carbons (Fsp3) is 0.522. The molecular formula is C23H30N4O4. The van der Waals surface area contributed by atoms with E-state index in [1.165, 1.54) is 4.90 Å². The average Bonchev–Trinajstić information content (AvgIpc) is 2.97. The van der Waals surface area contributed by atoms with E-state index in [1.54, 1.807) is 14.2 Å². The van der Waals surface area contributed by atoms with Gasteiger partial charge in [0, 0.05) is 26.7 Å². The first-order chi connectivity index (χ1) is 14.7. The lowest BCUT2D eigenvalue weighted by atomic mass is 9.85. The van der Waals surface area contributed by atoms with Crippen molar-refractivity contribution in [2.75, 3.05) is 33.8 Å². The first-order valence-electron chi connectivity index (χ1n) is 10.5. The minimum Gasteiger partial charge on any atom is -0.411 e. The summed E-state index contributed by atoms with van der Waals surface area (Å²) in [6, 6.07) is 6.08. The van der Waals surface area contributed by atoms with Crippen LogP contribution in [-0.4, -0.2) is 61.3 Å². The SMILES string of the molecule is CON1CCC2(CC1)NC(=O)C(c1c(C)cc(C)cc1C)=C2OC(=O)N(C)CCC#N. The summed E-state index contributed by atoms with van der Waals surface area (Å²) in [7, 11) is 3.21. The van der Waals surface area contributed by atoms with Gasteiger partial charge in [-0.15, -0.1) is 0 Å². The van der Waals surface area contributed by atoms with E-state index in [9.17, 15) is 9.59 Å². The summed E-state index contributed by atoms with van der Waals surface area (Å²) in [5.41, 5.74) is 3.48. The molecule has 1 N–H and O–H groups in total. The fourth-order valence-electron chi connectivity index (χ4n) is 4.51. The Morgan fingerprint density at radius 1 is 1.26 bits per heavy atom. The first-order valence-corrected chi connectivity index (χ1v) is 10.5. The molecule has 2 amide bonds. The number of nitrogens with one attached hydrogen (secondary N) is 1. The van der Waals surface area contributed by atoms with E-state index in [1.807, 2.05) is 44.0 Å². The molecule has 0 saturated carbocycles. The number of carbonyl (C=O) groups excluding carboxylic acids is 2. The van der Waals surface area contributed by atoms with Crippen molar-refractivity contribution in [1.29, 1.82) is 5.26 Å². The first kappa shape index (κ1) is 22.8. The van der Waals surface area contributed by atoms with Gasteiger partial charge in [0.25, 0.3) is 5.91 Å². The molecule has 2 aliphatic rings. The number of amides is 2. The highest BCUT2D eigenvalue weighted by molar-refractivity contribution is 6.24. The molecule has 2 heterocycles. The van der Waals surface area contributed by atoms with Crippen molar-refractivity contribution in [2.45, 2.75) is 45.6 Å². The zero-order valence-corrected chi connectivity index (χ0v) is 18.9. The number of hydrogen-bond acceptors (Lipinski definition) is 6. The molecule has 0 atom stereocenters. The summed E-state index contributed by atoms with van der Waals surface area (Å²) in [6.07, 6.45) is 0.753. The van der Waals surface area contributed by atoms with Gasteiger partial charge in [-0.3, -0.25) is 4.79 Å². The molecule has 1 fully saturated rings. The average molecular weight is 427 g/mol. The van der Waals surface area contributed by atoms with Gasteiger partial charge >= 0.3 is 6.09 Å². The third-order valence-electron chi connectivity index (χ3n) is 6.06. The number of carbonyl (C=O) groups is 2. The van der Waals surface area contributed by atoms with Gasteiger partial charge in [-0.1, -0.05) is 17.7 Å². The predicted molar refractivity (Wildman–Crippen MR) is 116 cm³/mol. The largest absolute Gasteiger partial charge is 0.414 e. The quantitative estimate of drug-likeness (QED) is 0.778. The van der Waals surface area contributed by atoms with Crippen molar-refractivity contribution in [3.05, 3.63) is 40.1 Å². The van der Waals surface area contributed by atoms with Crippen molar-refractivity contribution >= 4 is 17.6 Å². The topological polar surface area (TPSA) is 94.9 Å². The third kappa shape index (κ3) is 4.43. The van der Waals surface area contributed by atoms with Crippen molar-refractivity contribution in [1.82, 2.24) is 15.3 Å². The van der Waals surface area contributed by atoms with Gasteiger partial charge in [-0.25, -0.2) is 4.79 Å². The minimum absolute atomic E-state index is 0.207. The molecule has 0 aromatic heterocycles. The number of nitriles is 1. The van der Waals surface area contributed by atoms with E-state index in [-0.39, 0.29) is 18.9 Å². The maximum atomic E-state index is 13.3. The van der Waals surface area contributed by atoms with Gasteiger partial charge in [0.05, 0.1) is 25.2 Å². The van der Waals surface area contributed by atoms with E-state index in [0.29, 0.717) is 37.3 Å². The Bertz CT molecular complexity index is 932. The Labute approximate surface area is 183 Å². The van der Waals surface area contributed by atoms with Crippen LogP contribution in [0.4, 0.5) is 4.79 Å². The molecule has 166 valence electrons. The molecular weight excluding hydrogens is 396 g/mol. The van der Waals surface area contributed by atoms with Gasteiger partial charge < -0.3 is 19.8 Å². The number of rotatable bonds is 5. The summed E-state index contributed by atoms with van der Waals surface area (Å²) in [4.78, 5) is 32.8. The van der Waals surface area contributed by atoms with Crippen LogP contribution < -0.4 is 5.32 Å². The highest BCUT2D eigenvalue weighted by atomic mass is 16.7. The molecule has 0 unspecified atom stereocenters. The van der Waals surface area contributed by atoms with Gasteiger partial charge in [0.15, 0.2) is 0 Å². The third-order valence-corrected chi connectivity index (χ3v) is 6.06. The normalized spacial score (nSPS) is 18.1. The Morgan fingerprint density at radius 2 is 1.87 bits per heavy atom. The summed E-state index contributed by atoms with van der Waals surface area (Å²) >= 11 is 0. The maximum Gasteiger partial charge on any atom is 0.414 e. The molecule has 8 heteroatoms. The van der Waals surface area contributed by atoms with Crippen LogP contribution in [0, 0.1) is 32.1 Å². The lowest BCUT2D eigenvalue weighted by Crippen LogP contribution is -2.53. The number of hydrogen-bond donors (Lipinski definition) is 1. The lowest BCUT2D eigenvalue weighted by Gasteiger charge is -2.39. The standard InChI is InChI=1S/C23H30N4O4/c1-15-13-16(2)18(17(3)14-15)19-20(31-22(29)26(4)10-6-9-24)23(25-21(19)28)7-11-27(30-5)12-8-23/h13-14H,6-8,10-12H2,1-5H3,(H,25,28). The van der Waals surface area contributed by atoms with Crippen LogP contribution in [0.2, 0.25) is 0 Å². The van der Waals surface area contributed by atoms with Crippen LogP contribution in [0.5, 0.6) is 0 Å². The molecule has 0 bridgehead atoms. The number of hydroxylamine groups is 2. The van der Waals surface area contributed by atoms with Gasteiger partial charge in [-0.05, 0) is 50.3 Å². The molecule has 0 aliphatic carbocycles. The van der Waals surface area contributed by atoms with E-state index >= 15 is 0 Å². The molecule has 1 spiro atoms. The number of piperidine rings is 1. The van der Waals surface area contributed by atoms with Crippen molar-refractivity contribution in [2.24, 2.45) is 0 Å². The summed E-state index contributed by atoms with van der Waals surface area (Å²) < 4.78 is 5.92. The molecule has 31 heavy (non-hydrogen) atoms. The molecule has 1 aromatic rings. The second-order valence-corrected chi connectivity index (χ2v) is 8.32. The van der Waals surface area contributed by atoms with Gasteiger partial charge in [0.2, 0.25) is 0 Å². The van der Waals surface area contributed by atoms with E-state index < -0.39 is 11.6 Å². The van der Waals surface area contributed by atoms with Crippen molar-refractivity contribution < 1.29 is 19.2 Å². The van der Waals surface area contributed by atoms with E-state index in [4.69, 9.17) is 14.8 Å². The lowest BCUT2D eigenvalue weighted by molar-refractivity contribution is -0.152. The molecule has 1 aromatic carbocycles. The van der Waals surface area contributed by atoms with Crippen molar-refractivity contribution in [3.8, 4) is 6.07 Å². The minimum atomic E-state index is -0.767. The van der Waals surface area contributed by atoms with Crippen LogP contribution in [0.25, 0.3) is 5.57 Å². The molecule has 3 rings (SSSR count). The number of benzene rings is 1. The summed E-state index contributed by atoms with van der Waals surface area (Å²) in [5, 5.41) is 13.8. The Hall–Kier alpha value is -2.89. The smallest absolute Gasteiger partial charge is 0.411 e. The number of ether oxygens (including phenoxy) is 1. The highest BCUT2D eigenvalue weighted by Crippen LogP contribution is 2.42. The van der Waals surface area contributed by atoms with Crippen LogP contribution in [0.3, 0.4) is 0 Å². The summed E-state index contributed by atoms with van der Waals surface area (Å²) in [5.74, 6) is 0.139. The number of aryl methyl sites for hydroxylation is 3. The monoisotopic (exact) mass is 426 g/mol. The van der Waals surface area contributed by atoms with Crippen LogP contribution in [-0.2, 0) is 14.4 Å². The van der Waals surface area contributed by atoms with Crippen LogP contribution in [0.15, 0.2) is 17.9 Å². The molecule has 1 saturated heterocycles. The second kappa shape index (κ2) is 9.08. The zero-order valence-electron chi connectivity index (χ0n) is 18.9. The Morgan fingerprint density at radius 3 is 2.42 bits per heavy atom. The zero-order chi connectivity index (χ0) is 22.8. The molecule has 8 nitrogen and oxygen atoms in total. The molecule has 2 aliphatic heterocycles. The fourth-order valence-corrected chi connectivity index (χ4v) is 4.51. The van der Waals surface area contributed by atoms with Crippen molar-refractivity contribution in [3.63, 3.8) is 0 Å². The molecule has 0 radical (unpaired) electrons. The van der Waals surface area contributed by atoms with E-state index in [2.05, 4.69) is 5.32 Å². The summed E-state index contributed by atoms with van der Waals surface area (Å²) in [6.45, 7) is 7.40. The Balaban J connectivity index is 2.08. The van der Waals surface area contributed by atoms with Gasteiger partial charge in [0.1, 0.15) is 11.3 Å². The number of nitrogens with zero attached hydrogens (tertiary/aromatic N) is 3. The highest BCUT2D eigenvalue weighted by Gasteiger charge is 2.50.